The van der Waals surface area contributed by atoms with Crippen molar-refractivity contribution in [2.24, 2.45) is 4.99 Å². The quantitative estimate of drug-likeness (QED) is 0.534. The van der Waals surface area contributed by atoms with Crippen LogP contribution in [0.5, 0.6) is 0 Å². The molecular formula is C18H24N4OS. The average Bonchev–Trinajstić information content (AvgIpc) is 3.13. The van der Waals surface area contributed by atoms with Crippen LogP contribution in [-0.4, -0.2) is 25.5 Å². The molecule has 1 aromatic heterocycles. The number of aliphatic imine (C=N–C) groups is 1. The first kappa shape index (κ1) is 18.0. The smallest absolute Gasteiger partial charge is 0.251 e. The Bertz CT molecular complexity index is 667. The summed E-state index contributed by atoms with van der Waals surface area (Å²) in [4.78, 5) is 16.2. The molecule has 3 N–H and O–H groups in total. The maximum absolute atomic E-state index is 12.0. The highest BCUT2D eigenvalue weighted by Gasteiger charge is 2.06. The van der Waals surface area contributed by atoms with Crippen molar-refractivity contribution in [1.29, 1.82) is 0 Å². The van der Waals surface area contributed by atoms with Crippen LogP contribution in [0.4, 0.5) is 0 Å². The van der Waals surface area contributed by atoms with Crippen molar-refractivity contribution in [2.45, 2.75) is 26.4 Å². The van der Waals surface area contributed by atoms with E-state index in [-0.39, 0.29) is 5.91 Å². The number of carbonyl (C=O) groups excluding carboxylic acids is 1. The summed E-state index contributed by atoms with van der Waals surface area (Å²) in [6.45, 7) is 4.08. The highest BCUT2D eigenvalue weighted by atomic mass is 32.1. The fourth-order valence-corrected chi connectivity index (χ4v) is 2.82. The minimum atomic E-state index is -0.0290. The van der Waals surface area contributed by atoms with Crippen LogP contribution in [0.2, 0.25) is 0 Å². The molecule has 0 atom stereocenters. The molecule has 0 aliphatic heterocycles. The first-order valence-electron chi connectivity index (χ1n) is 8.05. The van der Waals surface area contributed by atoms with E-state index < -0.39 is 0 Å². The number of nitrogens with one attached hydrogen (secondary N) is 3. The first-order valence-corrected chi connectivity index (χ1v) is 9.00. The van der Waals surface area contributed by atoms with Gasteiger partial charge in [0, 0.05) is 32.2 Å². The predicted molar refractivity (Wildman–Crippen MR) is 100 cm³/mol. The van der Waals surface area contributed by atoms with Gasteiger partial charge in [-0.15, -0.1) is 0 Å². The largest absolute Gasteiger partial charge is 0.352 e. The summed E-state index contributed by atoms with van der Waals surface area (Å²) in [5, 5.41) is 13.6. The molecule has 0 aliphatic rings. The number of benzene rings is 1. The fraction of sp³-hybridized carbons (Fsp3) is 0.333. The van der Waals surface area contributed by atoms with Crippen molar-refractivity contribution >= 4 is 23.2 Å². The van der Waals surface area contributed by atoms with Crippen molar-refractivity contribution in [1.82, 2.24) is 16.0 Å². The van der Waals surface area contributed by atoms with Gasteiger partial charge in [0.05, 0.1) is 0 Å². The molecule has 0 saturated carbocycles. The number of thiophene rings is 1. The Labute approximate surface area is 147 Å². The number of rotatable bonds is 7. The molecule has 0 spiro atoms. The molecule has 6 heteroatoms. The van der Waals surface area contributed by atoms with Crippen LogP contribution >= 0.6 is 11.3 Å². The molecule has 0 fully saturated rings. The molecule has 2 rings (SSSR count). The number of amides is 1. The molecule has 1 aromatic carbocycles. The lowest BCUT2D eigenvalue weighted by atomic mass is 10.1. The minimum Gasteiger partial charge on any atom is -0.352 e. The van der Waals surface area contributed by atoms with E-state index in [0.717, 1.165) is 24.5 Å². The van der Waals surface area contributed by atoms with Gasteiger partial charge in [-0.1, -0.05) is 19.1 Å². The van der Waals surface area contributed by atoms with Crippen LogP contribution in [0.25, 0.3) is 0 Å². The van der Waals surface area contributed by atoms with E-state index in [2.05, 4.69) is 37.8 Å². The third kappa shape index (κ3) is 5.70. The maximum atomic E-state index is 12.0. The van der Waals surface area contributed by atoms with Gasteiger partial charge < -0.3 is 16.0 Å². The van der Waals surface area contributed by atoms with E-state index in [4.69, 9.17) is 0 Å². The fourth-order valence-electron chi connectivity index (χ4n) is 2.15. The van der Waals surface area contributed by atoms with Crippen LogP contribution in [0.1, 0.15) is 34.8 Å². The second kappa shape index (κ2) is 9.72. The molecule has 0 aliphatic carbocycles. The summed E-state index contributed by atoms with van der Waals surface area (Å²) < 4.78 is 0. The Morgan fingerprint density at radius 2 is 1.92 bits per heavy atom. The summed E-state index contributed by atoms with van der Waals surface area (Å²) in [6, 6.07) is 9.72. The number of guanidine groups is 1. The van der Waals surface area contributed by atoms with Gasteiger partial charge in [-0.3, -0.25) is 9.79 Å². The molecular weight excluding hydrogens is 320 g/mol. The third-order valence-corrected chi connectivity index (χ3v) is 4.18. The molecule has 1 heterocycles. The standard InChI is InChI=1S/C18H24N4OS/c1-3-8-20-17(23)16-6-4-5-14(10-16)11-21-18(19-2)22-12-15-7-9-24-13-15/h4-7,9-10,13H,3,8,11-12H2,1-2H3,(H,20,23)(H2,19,21,22). The Morgan fingerprint density at radius 3 is 2.58 bits per heavy atom. The van der Waals surface area contributed by atoms with E-state index >= 15 is 0 Å². The second-order valence-electron chi connectivity index (χ2n) is 5.37. The predicted octanol–water partition coefficient (Wildman–Crippen LogP) is 2.75. The molecule has 0 saturated heterocycles. The topological polar surface area (TPSA) is 65.5 Å². The molecule has 0 radical (unpaired) electrons. The van der Waals surface area contributed by atoms with Gasteiger partial charge in [0.15, 0.2) is 5.96 Å². The normalized spacial score (nSPS) is 11.2. The zero-order valence-corrected chi connectivity index (χ0v) is 15.0. The molecule has 2 aromatic rings. The lowest BCUT2D eigenvalue weighted by Crippen LogP contribution is -2.36. The molecule has 5 nitrogen and oxygen atoms in total. The summed E-state index contributed by atoms with van der Waals surface area (Å²) >= 11 is 1.68. The number of nitrogens with zero attached hydrogens (tertiary/aromatic N) is 1. The summed E-state index contributed by atoms with van der Waals surface area (Å²) in [7, 11) is 1.75. The zero-order valence-electron chi connectivity index (χ0n) is 14.1. The van der Waals surface area contributed by atoms with Crippen molar-refractivity contribution < 1.29 is 4.79 Å². The lowest BCUT2D eigenvalue weighted by molar-refractivity contribution is 0.0953. The van der Waals surface area contributed by atoms with Gasteiger partial charge in [-0.25, -0.2) is 0 Å². The minimum absolute atomic E-state index is 0.0290. The Balaban J connectivity index is 1.87. The van der Waals surface area contributed by atoms with Gasteiger partial charge in [0.25, 0.3) is 5.91 Å². The van der Waals surface area contributed by atoms with E-state index in [1.165, 1.54) is 5.56 Å². The van der Waals surface area contributed by atoms with Crippen LogP contribution in [-0.2, 0) is 13.1 Å². The number of hydrogen-bond donors (Lipinski definition) is 3. The molecule has 24 heavy (non-hydrogen) atoms. The van der Waals surface area contributed by atoms with E-state index in [0.29, 0.717) is 18.7 Å². The third-order valence-electron chi connectivity index (χ3n) is 3.45. The lowest BCUT2D eigenvalue weighted by Gasteiger charge is -2.12. The van der Waals surface area contributed by atoms with Gasteiger partial charge in [0.1, 0.15) is 0 Å². The highest BCUT2D eigenvalue weighted by Crippen LogP contribution is 2.06. The summed E-state index contributed by atoms with van der Waals surface area (Å²) in [5.74, 6) is 0.709. The second-order valence-corrected chi connectivity index (χ2v) is 6.15. The van der Waals surface area contributed by atoms with Gasteiger partial charge >= 0.3 is 0 Å². The van der Waals surface area contributed by atoms with Gasteiger partial charge in [-0.2, -0.15) is 11.3 Å². The molecule has 128 valence electrons. The number of carbonyl (C=O) groups is 1. The van der Waals surface area contributed by atoms with Crippen LogP contribution in [0, 0.1) is 0 Å². The Hall–Kier alpha value is -2.34. The van der Waals surface area contributed by atoms with Crippen molar-refractivity contribution in [3.8, 4) is 0 Å². The molecule has 0 bridgehead atoms. The van der Waals surface area contributed by atoms with Crippen molar-refractivity contribution in [3.63, 3.8) is 0 Å². The summed E-state index contributed by atoms with van der Waals surface area (Å²) in [6.07, 6.45) is 0.930. The highest BCUT2D eigenvalue weighted by molar-refractivity contribution is 7.07. The zero-order chi connectivity index (χ0) is 17.2. The Kier molecular flexibility index (Phi) is 7.29. The summed E-state index contributed by atoms with van der Waals surface area (Å²) in [5.41, 5.74) is 2.96. The number of hydrogen-bond acceptors (Lipinski definition) is 3. The average molecular weight is 344 g/mol. The SMILES string of the molecule is CCCNC(=O)c1cccc(CNC(=NC)NCc2ccsc2)c1. The van der Waals surface area contributed by atoms with E-state index in [1.807, 2.05) is 31.2 Å². The maximum Gasteiger partial charge on any atom is 0.251 e. The van der Waals surface area contributed by atoms with Crippen LogP contribution in [0.15, 0.2) is 46.1 Å². The Morgan fingerprint density at radius 1 is 1.12 bits per heavy atom. The first-order chi connectivity index (χ1) is 11.7. The van der Waals surface area contributed by atoms with Gasteiger partial charge in [0.2, 0.25) is 0 Å². The molecule has 0 unspecified atom stereocenters. The van der Waals surface area contributed by atoms with E-state index in [1.54, 1.807) is 18.4 Å². The van der Waals surface area contributed by atoms with Crippen LogP contribution < -0.4 is 16.0 Å². The van der Waals surface area contributed by atoms with E-state index in [9.17, 15) is 4.79 Å². The van der Waals surface area contributed by atoms with Crippen molar-refractivity contribution in [3.05, 3.63) is 57.8 Å². The van der Waals surface area contributed by atoms with Gasteiger partial charge in [-0.05, 0) is 46.5 Å². The van der Waals surface area contributed by atoms with Crippen LogP contribution in [0.3, 0.4) is 0 Å². The van der Waals surface area contributed by atoms with Crippen molar-refractivity contribution in [2.75, 3.05) is 13.6 Å². The monoisotopic (exact) mass is 344 g/mol. The molecule has 1 amide bonds.